The van der Waals surface area contributed by atoms with Crippen LogP contribution in [0.4, 0.5) is 55.9 Å². The van der Waals surface area contributed by atoms with Crippen molar-refractivity contribution in [2.24, 2.45) is 0 Å². The average Bonchev–Trinajstić information content (AvgIpc) is 3.84. The lowest BCUT2D eigenvalue weighted by molar-refractivity contribution is -0.143. The molecule has 1 aliphatic heterocycles. The molecule has 3 aromatic rings. The van der Waals surface area contributed by atoms with E-state index in [0.29, 0.717) is 37.0 Å². The highest BCUT2D eigenvalue weighted by Gasteiger charge is 2.40. The number of ether oxygens (including phenoxy) is 1. The van der Waals surface area contributed by atoms with Crippen molar-refractivity contribution in [2.75, 3.05) is 16.8 Å². The molecule has 2 aromatic carbocycles. The van der Waals surface area contributed by atoms with Crippen LogP contribution in [0.5, 0.6) is 0 Å². The highest BCUT2D eigenvalue weighted by molar-refractivity contribution is 5.90. The first-order chi connectivity index (χ1) is 22.8. The Morgan fingerprint density at radius 2 is 1.55 bits per heavy atom. The minimum Gasteiger partial charge on any atom is -0.481 e. The molecule has 17 heteroatoms. The molecule has 2 aliphatic rings. The van der Waals surface area contributed by atoms with Gasteiger partial charge in [0, 0.05) is 18.7 Å². The Bertz CT molecular complexity index is 1690. The molecule has 1 aliphatic carbocycles. The third kappa shape index (κ3) is 8.36. The Hall–Kier alpha value is -4.57. The molecule has 1 saturated carbocycles. The number of carboxylic acid groups (broad SMARTS) is 1. The number of nitrogens with zero attached hydrogens (tertiary/aromatic N) is 3. The van der Waals surface area contributed by atoms with Gasteiger partial charge in [-0.1, -0.05) is 6.92 Å². The van der Waals surface area contributed by atoms with Gasteiger partial charge in [-0.3, -0.25) is 9.69 Å². The standard InChI is InChI=1S/C32H29F9N4O4/c1-2-21-14-25(22-13-18(30(33,34)35)5-6-26(22)45(21)29(48)49-8-7-27(46)47)44-28-42-15-23(17-3-4-17)24(43-28)11-16-9-19(31(36,37)38)12-20(10-16)32(39,40)41/h5-6,9-10,12-13,15,17,21,25H,2-4,7-8,11,14H2,1H3,(H,46,47)(H,42,43,44)/t21-,25+/m1/s1. The summed E-state index contributed by atoms with van der Waals surface area (Å²) in [4.78, 5) is 33.9. The van der Waals surface area contributed by atoms with Gasteiger partial charge in [-0.05, 0) is 84.7 Å². The third-order valence-electron chi connectivity index (χ3n) is 8.31. The number of carbonyl (C=O) groups excluding carboxylic acids is 1. The number of carboxylic acids is 1. The number of benzene rings is 2. The predicted octanol–water partition coefficient (Wildman–Crippen LogP) is 8.75. The fraction of sp³-hybridized carbons (Fsp3) is 0.438. The number of aromatic nitrogens is 2. The summed E-state index contributed by atoms with van der Waals surface area (Å²) in [6, 6.07) is 2.42. The minimum absolute atomic E-state index is 0.0128. The Kier molecular flexibility index (Phi) is 9.76. The van der Waals surface area contributed by atoms with E-state index in [2.05, 4.69) is 15.3 Å². The molecule has 0 radical (unpaired) electrons. The maximum absolute atomic E-state index is 13.8. The molecule has 2 atom stereocenters. The summed E-state index contributed by atoms with van der Waals surface area (Å²) >= 11 is 0. The zero-order valence-electron chi connectivity index (χ0n) is 25.6. The smallest absolute Gasteiger partial charge is 0.416 e. The molecule has 49 heavy (non-hydrogen) atoms. The Morgan fingerprint density at radius 3 is 2.10 bits per heavy atom. The molecule has 2 heterocycles. The molecule has 1 amide bonds. The number of hydrogen-bond donors (Lipinski definition) is 2. The van der Waals surface area contributed by atoms with Crippen LogP contribution in [0, 0.1) is 0 Å². The number of carbonyl (C=O) groups is 2. The van der Waals surface area contributed by atoms with Crippen LogP contribution in [0.1, 0.15) is 90.1 Å². The van der Waals surface area contributed by atoms with E-state index < -0.39 is 78.8 Å². The van der Waals surface area contributed by atoms with Crippen molar-refractivity contribution in [3.63, 3.8) is 0 Å². The monoisotopic (exact) mass is 704 g/mol. The highest BCUT2D eigenvalue weighted by atomic mass is 19.4. The zero-order valence-corrected chi connectivity index (χ0v) is 25.6. The number of fused-ring (bicyclic) bond motifs is 1. The molecule has 0 saturated heterocycles. The van der Waals surface area contributed by atoms with Crippen LogP contribution in [0.3, 0.4) is 0 Å². The van der Waals surface area contributed by atoms with E-state index in [9.17, 15) is 49.1 Å². The lowest BCUT2D eigenvalue weighted by Crippen LogP contribution is -2.46. The minimum atomic E-state index is -5.05. The first-order valence-corrected chi connectivity index (χ1v) is 15.1. The first kappa shape index (κ1) is 35.7. The highest BCUT2D eigenvalue weighted by Crippen LogP contribution is 2.45. The summed E-state index contributed by atoms with van der Waals surface area (Å²) in [6.07, 6.45) is -13.6. The normalized spacial score (nSPS) is 18.2. The second kappa shape index (κ2) is 13.4. The van der Waals surface area contributed by atoms with Crippen molar-refractivity contribution in [1.82, 2.24) is 9.97 Å². The maximum atomic E-state index is 13.8. The molecule has 0 bridgehead atoms. The van der Waals surface area contributed by atoms with Crippen LogP contribution in [0.2, 0.25) is 0 Å². The van der Waals surface area contributed by atoms with Gasteiger partial charge in [-0.25, -0.2) is 14.8 Å². The SMILES string of the molecule is CC[C@@H]1C[C@H](Nc2ncc(C3CC3)c(Cc3cc(C(F)(F)F)cc(C(F)(F)F)c3)n2)c2cc(C(F)(F)F)ccc2N1C(=O)OCCC(=O)O. The summed E-state index contributed by atoms with van der Waals surface area (Å²) < 4.78 is 128. The number of hydrogen-bond acceptors (Lipinski definition) is 6. The summed E-state index contributed by atoms with van der Waals surface area (Å²) in [6.45, 7) is 1.25. The van der Waals surface area contributed by atoms with Gasteiger partial charge in [0.2, 0.25) is 5.95 Å². The molecule has 1 fully saturated rings. The molecule has 8 nitrogen and oxygen atoms in total. The van der Waals surface area contributed by atoms with E-state index in [1.807, 2.05) is 0 Å². The Labute approximate surface area is 273 Å². The Morgan fingerprint density at radius 1 is 0.918 bits per heavy atom. The largest absolute Gasteiger partial charge is 0.481 e. The molecular weight excluding hydrogens is 675 g/mol. The third-order valence-corrected chi connectivity index (χ3v) is 8.31. The van der Waals surface area contributed by atoms with Gasteiger partial charge in [0.1, 0.15) is 6.61 Å². The van der Waals surface area contributed by atoms with Crippen molar-refractivity contribution >= 4 is 23.7 Å². The van der Waals surface area contributed by atoms with Gasteiger partial charge in [0.15, 0.2) is 0 Å². The predicted molar refractivity (Wildman–Crippen MR) is 156 cm³/mol. The Balaban J connectivity index is 1.52. The van der Waals surface area contributed by atoms with Crippen molar-refractivity contribution in [2.45, 2.75) is 82.0 Å². The van der Waals surface area contributed by atoms with Gasteiger partial charge >= 0.3 is 30.6 Å². The molecular formula is C32H29F9N4O4. The van der Waals surface area contributed by atoms with Crippen LogP contribution in [0.15, 0.2) is 42.6 Å². The number of amides is 1. The van der Waals surface area contributed by atoms with E-state index in [-0.39, 0.29) is 46.9 Å². The van der Waals surface area contributed by atoms with Crippen molar-refractivity contribution in [3.8, 4) is 0 Å². The summed E-state index contributed by atoms with van der Waals surface area (Å²) in [5.41, 5.74) is -3.52. The fourth-order valence-corrected chi connectivity index (χ4v) is 5.80. The van der Waals surface area contributed by atoms with Gasteiger partial charge < -0.3 is 15.2 Å². The quantitative estimate of drug-likeness (QED) is 0.215. The van der Waals surface area contributed by atoms with Gasteiger partial charge in [-0.2, -0.15) is 39.5 Å². The van der Waals surface area contributed by atoms with Gasteiger partial charge in [-0.15, -0.1) is 0 Å². The number of rotatable bonds is 9. The molecule has 0 unspecified atom stereocenters. The number of nitrogens with one attached hydrogen (secondary N) is 1. The summed E-state index contributed by atoms with van der Waals surface area (Å²) in [5.74, 6) is -1.42. The van der Waals surface area contributed by atoms with E-state index in [1.165, 1.54) is 6.20 Å². The summed E-state index contributed by atoms with van der Waals surface area (Å²) in [5, 5.41) is 11.9. The molecule has 2 N–H and O–H groups in total. The van der Waals surface area contributed by atoms with Crippen molar-refractivity contribution < 1.29 is 58.9 Å². The van der Waals surface area contributed by atoms with E-state index >= 15 is 0 Å². The maximum Gasteiger partial charge on any atom is 0.416 e. The average molecular weight is 705 g/mol. The second-order valence-electron chi connectivity index (χ2n) is 11.9. The lowest BCUT2D eigenvalue weighted by atomic mass is 9.89. The van der Waals surface area contributed by atoms with Gasteiger partial charge in [0.05, 0.1) is 40.5 Å². The summed E-state index contributed by atoms with van der Waals surface area (Å²) in [7, 11) is 0. The zero-order chi connectivity index (χ0) is 35.9. The number of anilines is 2. The first-order valence-electron chi connectivity index (χ1n) is 15.1. The molecule has 5 rings (SSSR count). The van der Waals surface area contributed by atoms with Crippen LogP contribution < -0.4 is 10.2 Å². The van der Waals surface area contributed by atoms with Crippen LogP contribution in [-0.2, 0) is 34.5 Å². The number of alkyl halides is 9. The molecule has 0 spiro atoms. The van der Waals surface area contributed by atoms with E-state index in [0.717, 1.165) is 23.1 Å². The number of halogens is 9. The fourth-order valence-electron chi connectivity index (χ4n) is 5.80. The topological polar surface area (TPSA) is 105 Å². The van der Waals surface area contributed by atoms with Crippen LogP contribution in [-0.4, -0.2) is 39.8 Å². The number of aliphatic carboxylic acids is 1. The van der Waals surface area contributed by atoms with Crippen molar-refractivity contribution in [1.29, 1.82) is 0 Å². The van der Waals surface area contributed by atoms with E-state index in [1.54, 1.807) is 6.92 Å². The second-order valence-corrected chi connectivity index (χ2v) is 11.9. The van der Waals surface area contributed by atoms with Crippen LogP contribution in [0.25, 0.3) is 0 Å². The molecule has 264 valence electrons. The lowest BCUT2D eigenvalue weighted by Gasteiger charge is -2.40. The molecule has 1 aromatic heterocycles. The van der Waals surface area contributed by atoms with E-state index in [4.69, 9.17) is 9.84 Å². The van der Waals surface area contributed by atoms with Crippen molar-refractivity contribution in [3.05, 3.63) is 81.7 Å². The van der Waals surface area contributed by atoms with Crippen LogP contribution >= 0.6 is 0 Å². The van der Waals surface area contributed by atoms with Gasteiger partial charge in [0.25, 0.3) is 0 Å².